The Morgan fingerprint density at radius 3 is 2.00 bits per heavy atom. The van der Waals surface area contributed by atoms with Crippen molar-refractivity contribution in [1.29, 1.82) is 0 Å². The zero-order valence-corrected chi connectivity index (χ0v) is 10.5. The van der Waals surface area contributed by atoms with Crippen LogP contribution in [0.15, 0.2) is 0 Å². The third-order valence-electron chi connectivity index (χ3n) is 1.55. The van der Waals surface area contributed by atoms with E-state index in [0.29, 0.717) is 0 Å². The minimum Gasteiger partial charge on any atom is -0.481 e. The molecular formula is C6H8BrNO8S. The van der Waals surface area contributed by atoms with E-state index < -0.39 is 39.6 Å². The third kappa shape index (κ3) is 4.77. The minimum absolute atomic E-state index is 0.0347. The largest absolute Gasteiger partial charge is 0.481 e. The molecule has 0 radical (unpaired) electrons. The van der Waals surface area contributed by atoms with Crippen LogP contribution >= 0.6 is 15.9 Å². The SMILES string of the molecule is O=C(O)CBr.O=C1CC(S(=O)(=O)O)C(=O)N1O. The van der Waals surface area contributed by atoms with Crippen LogP contribution in [0.5, 0.6) is 0 Å². The third-order valence-corrected chi connectivity index (χ3v) is 3.12. The molecule has 98 valence electrons. The molecule has 1 heterocycles. The van der Waals surface area contributed by atoms with E-state index in [1.165, 1.54) is 0 Å². The lowest BCUT2D eigenvalue weighted by atomic mass is 10.4. The molecule has 1 saturated heterocycles. The second-order valence-electron chi connectivity index (χ2n) is 2.78. The van der Waals surface area contributed by atoms with Crippen molar-refractivity contribution in [2.45, 2.75) is 11.7 Å². The van der Waals surface area contributed by atoms with Gasteiger partial charge in [-0.25, -0.2) is 0 Å². The summed E-state index contributed by atoms with van der Waals surface area (Å²) in [6.07, 6.45) is -0.714. The molecule has 0 aromatic carbocycles. The van der Waals surface area contributed by atoms with Crippen molar-refractivity contribution in [3.63, 3.8) is 0 Å². The first-order valence-corrected chi connectivity index (χ1v) is 6.53. The van der Waals surface area contributed by atoms with Crippen LogP contribution in [0.3, 0.4) is 0 Å². The van der Waals surface area contributed by atoms with E-state index in [0.717, 1.165) is 0 Å². The highest BCUT2D eigenvalue weighted by atomic mass is 79.9. The number of carbonyl (C=O) groups excluding carboxylic acids is 2. The minimum atomic E-state index is -4.59. The van der Waals surface area contributed by atoms with Crippen molar-refractivity contribution in [3.05, 3.63) is 0 Å². The number of halogens is 1. The van der Waals surface area contributed by atoms with Gasteiger partial charge in [0.05, 0.1) is 6.42 Å². The van der Waals surface area contributed by atoms with Gasteiger partial charge in [-0.3, -0.25) is 24.1 Å². The maximum atomic E-state index is 10.7. The number of rotatable bonds is 2. The standard InChI is InChI=1S/C4H5NO6S.C2H3BrO2/c6-3-1-2(12(9,10)11)4(7)5(3)8;3-1-2(4)5/h2,8H,1H2,(H,9,10,11);1H2,(H,4,5). The fraction of sp³-hybridized carbons (Fsp3) is 0.500. The van der Waals surface area contributed by atoms with E-state index in [1.54, 1.807) is 0 Å². The van der Waals surface area contributed by atoms with Crippen molar-refractivity contribution < 1.29 is 37.7 Å². The molecule has 11 heteroatoms. The van der Waals surface area contributed by atoms with Gasteiger partial charge in [0, 0.05) is 0 Å². The van der Waals surface area contributed by atoms with Gasteiger partial charge in [-0.15, -0.1) is 0 Å². The Morgan fingerprint density at radius 2 is 1.88 bits per heavy atom. The molecule has 0 aromatic rings. The number of carbonyl (C=O) groups is 3. The fourth-order valence-corrected chi connectivity index (χ4v) is 1.53. The highest BCUT2D eigenvalue weighted by Gasteiger charge is 2.45. The first-order valence-electron chi connectivity index (χ1n) is 3.91. The van der Waals surface area contributed by atoms with Crippen LogP contribution in [0.4, 0.5) is 0 Å². The van der Waals surface area contributed by atoms with Crippen molar-refractivity contribution in [3.8, 4) is 0 Å². The molecule has 1 aliphatic rings. The first-order chi connectivity index (χ1) is 7.61. The number of carboxylic acid groups (broad SMARTS) is 1. The van der Waals surface area contributed by atoms with Crippen molar-refractivity contribution in [2.75, 3.05) is 5.33 Å². The highest BCUT2D eigenvalue weighted by molar-refractivity contribution is 9.09. The maximum absolute atomic E-state index is 10.7. The Hall–Kier alpha value is -1.04. The summed E-state index contributed by atoms with van der Waals surface area (Å²) in [5.41, 5.74) is 0. The Bertz CT molecular complexity index is 431. The number of hydroxylamine groups is 2. The van der Waals surface area contributed by atoms with E-state index in [-0.39, 0.29) is 10.4 Å². The van der Waals surface area contributed by atoms with Crippen LogP contribution in [-0.2, 0) is 24.5 Å². The van der Waals surface area contributed by atoms with E-state index >= 15 is 0 Å². The lowest BCUT2D eigenvalue weighted by molar-refractivity contribution is -0.171. The first kappa shape index (κ1) is 16.0. The number of hydrogen-bond acceptors (Lipinski definition) is 6. The molecule has 9 nitrogen and oxygen atoms in total. The van der Waals surface area contributed by atoms with E-state index in [4.69, 9.17) is 14.9 Å². The van der Waals surface area contributed by atoms with Gasteiger partial charge >= 0.3 is 5.97 Å². The van der Waals surface area contributed by atoms with Crippen molar-refractivity contribution >= 4 is 43.8 Å². The molecule has 1 unspecified atom stereocenters. The van der Waals surface area contributed by atoms with Crippen LogP contribution in [-0.4, -0.2) is 56.7 Å². The van der Waals surface area contributed by atoms with E-state index in [2.05, 4.69) is 15.9 Å². The van der Waals surface area contributed by atoms with Crippen LogP contribution in [0, 0.1) is 0 Å². The van der Waals surface area contributed by atoms with Crippen LogP contribution in [0.2, 0.25) is 0 Å². The average molecular weight is 334 g/mol. The molecule has 0 aromatic heterocycles. The molecule has 1 atom stereocenters. The Balaban J connectivity index is 0.000000437. The summed E-state index contributed by atoms with van der Waals surface area (Å²) in [5, 5.41) is 14.1. The van der Waals surface area contributed by atoms with Gasteiger partial charge in [0.2, 0.25) is 0 Å². The molecule has 0 bridgehead atoms. The molecule has 0 aliphatic carbocycles. The number of alkyl halides is 1. The van der Waals surface area contributed by atoms with Crippen molar-refractivity contribution in [1.82, 2.24) is 5.06 Å². The summed E-state index contributed by atoms with van der Waals surface area (Å²) < 4.78 is 29.1. The second-order valence-corrected chi connectivity index (χ2v) is 4.94. The molecular weight excluding hydrogens is 326 g/mol. The number of imide groups is 1. The smallest absolute Gasteiger partial charge is 0.314 e. The van der Waals surface area contributed by atoms with Gasteiger partial charge in [0.1, 0.15) is 5.33 Å². The fourth-order valence-electron chi connectivity index (χ4n) is 0.824. The Kier molecular flexibility index (Phi) is 5.68. The number of hydrogen-bond donors (Lipinski definition) is 3. The highest BCUT2D eigenvalue weighted by Crippen LogP contribution is 2.16. The van der Waals surface area contributed by atoms with E-state index in [9.17, 15) is 22.8 Å². The molecule has 1 aliphatic heterocycles. The van der Waals surface area contributed by atoms with Crippen LogP contribution in [0.25, 0.3) is 0 Å². The zero-order chi connectivity index (χ0) is 13.8. The number of carboxylic acids is 1. The number of aliphatic carboxylic acids is 1. The molecule has 2 amide bonds. The van der Waals surface area contributed by atoms with Gasteiger partial charge in [0.25, 0.3) is 21.9 Å². The van der Waals surface area contributed by atoms with Crippen molar-refractivity contribution in [2.24, 2.45) is 0 Å². The van der Waals surface area contributed by atoms with Gasteiger partial charge < -0.3 is 5.11 Å². The van der Waals surface area contributed by atoms with Gasteiger partial charge in [-0.1, -0.05) is 15.9 Å². The second kappa shape index (κ2) is 6.05. The Morgan fingerprint density at radius 1 is 1.47 bits per heavy atom. The topological polar surface area (TPSA) is 149 Å². The summed E-state index contributed by atoms with van der Waals surface area (Å²) in [5.74, 6) is -3.19. The van der Waals surface area contributed by atoms with Crippen LogP contribution < -0.4 is 0 Å². The Labute approximate surface area is 104 Å². The van der Waals surface area contributed by atoms with Crippen LogP contribution in [0.1, 0.15) is 6.42 Å². The van der Waals surface area contributed by atoms with Gasteiger partial charge in [-0.05, 0) is 0 Å². The molecule has 0 spiro atoms. The molecule has 1 rings (SSSR count). The summed E-state index contributed by atoms with van der Waals surface area (Å²) >= 11 is 2.71. The van der Waals surface area contributed by atoms with Gasteiger partial charge in [-0.2, -0.15) is 13.5 Å². The maximum Gasteiger partial charge on any atom is 0.314 e. The molecule has 1 fully saturated rings. The average Bonchev–Trinajstić information content (AvgIpc) is 2.46. The summed E-state index contributed by atoms with van der Waals surface area (Å²) in [4.78, 5) is 30.5. The monoisotopic (exact) mass is 333 g/mol. The normalized spacial score (nSPS) is 19.9. The number of nitrogens with zero attached hydrogens (tertiary/aromatic N) is 1. The molecule has 3 N–H and O–H groups in total. The summed E-state index contributed by atoms with van der Waals surface area (Å²) in [6.45, 7) is 0. The summed E-state index contributed by atoms with van der Waals surface area (Å²) in [6, 6.07) is 0. The lowest BCUT2D eigenvalue weighted by Gasteiger charge is -2.02. The van der Waals surface area contributed by atoms with E-state index in [1.807, 2.05) is 0 Å². The quantitative estimate of drug-likeness (QED) is 0.248. The summed E-state index contributed by atoms with van der Waals surface area (Å²) in [7, 11) is -4.59. The molecule has 17 heavy (non-hydrogen) atoms. The zero-order valence-electron chi connectivity index (χ0n) is 8.11. The lowest BCUT2D eigenvalue weighted by Crippen LogP contribution is -2.32. The number of amides is 2. The predicted molar refractivity (Wildman–Crippen MR) is 55.0 cm³/mol. The predicted octanol–water partition coefficient (Wildman–Crippen LogP) is -1.14. The van der Waals surface area contributed by atoms with Gasteiger partial charge in [0.15, 0.2) is 5.25 Å². The molecule has 0 saturated carbocycles.